The molecule has 43 heavy (non-hydrogen) atoms. The first-order chi connectivity index (χ1) is 20.6. The quantitative estimate of drug-likeness (QED) is 0.0415. The molecule has 9 heteroatoms. The van der Waals surface area contributed by atoms with Crippen molar-refractivity contribution in [2.45, 2.75) is 0 Å². The molecule has 0 unspecified atom stereocenters. The van der Waals surface area contributed by atoms with Crippen LogP contribution in [-0.4, -0.2) is 25.5 Å². The fourth-order valence-corrected chi connectivity index (χ4v) is 6.51. The molecular formula is C34H30N5O2PRu+. The maximum absolute atomic E-state index is 11.4. The third kappa shape index (κ3) is 12.0. The van der Waals surface area contributed by atoms with Crippen molar-refractivity contribution in [3.05, 3.63) is 167 Å². The first kappa shape index (κ1) is 34.6. The molecule has 0 fully saturated rings. The number of hydrogen-bond acceptors (Lipinski definition) is 4. The van der Waals surface area contributed by atoms with Crippen molar-refractivity contribution in [2.24, 2.45) is 9.98 Å². The summed E-state index contributed by atoms with van der Waals surface area (Å²) in [6, 6.07) is 46.0. The van der Waals surface area contributed by atoms with Gasteiger partial charge in [0.05, 0.1) is 21.0 Å². The van der Waals surface area contributed by atoms with E-state index in [1.54, 1.807) is 48.8 Å². The smallest absolute Gasteiger partial charge is 0.872 e. The van der Waals surface area contributed by atoms with Crippen molar-refractivity contribution in [3.63, 3.8) is 0 Å². The van der Waals surface area contributed by atoms with Crippen LogP contribution in [0.25, 0.3) is 16.0 Å². The van der Waals surface area contributed by atoms with Crippen LogP contribution in [0.15, 0.2) is 150 Å². The summed E-state index contributed by atoms with van der Waals surface area (Å²) in [6.45, 7) is 0.956. The Morgan fingerprint density at radius 1 is 0.512 bits per heavy atom. The molecule has 0 atom stereocenters. The number of nitrogens with zero attached hydrogens (tertiary/aromatic N) is 5. The van der Waals surface area contributed by atoms with Crippen LogP contribution in [0.4, 0.5) is 0 Å². The van der Waals surface area contributed by atoms with Crippen molar-refractivity contribution >= 4 is 36.3 Å². The van der Waals surface area contributed by atoms with E-state index in [9.17, 15) is 10.2 Å². The van der Waals surface area contributed by atoms with E-state index in [1.807, 2.05) is 0 Å². The second-order valence-corrected chi connectivity index (χ2v) is 11.2. The second-order valence-electron chi connectivity index (χ2n) is 8.71. The average Bonchev–Trinajstić information content (AvgIpc) is 3.03. The Kier molecular flexibility index (Phi) is 16.3. The molecule has 0 aliphatic rings. The Morgan fingerprint density at radius 3 is 1.09 bits per heavy atom. The van der Waals surface area contributed by atoms with Crippen molar-refractivity contribution in [3.8, 4) is 11.5 Å². The minimum Gasteiger partial charge on any atom is -0.872 e. The second kappa shape index (κ2) is 20.3. The van der Waals surface area contributed by atoms with Gasteiger partial charge in [-0.1, -0.05) is 103 Å². The SMILES string of the molecule is [N-]=[N+]=[N-].[O-]c1ccccc1C=NCCN=Cc1ccccc1[O-].[Ru+3].c1ccc([PH+](c2ccccc2)c2ccccc2)cc1. The molecule has 5 aromatic carbocycles. The minimum atomic E-state index is -0.877. The molecule has 1 radical (unpaired) electrons. The average molecular weight is 673 g/mol. The summed E-state index contributed by atoms with van der Waals surface area (Å²) in [5, 5.41) is 27.1. The number of hydrogen-bond donors (Lipinski definition) is 0. The Hall–Kier alpha value is -4.60. The summed E-state index contributed by atoms with van der Waals surface area (Å²) in [4.78, 5) is 9.78. The molecule has 0 aliphatic heterocycles. The van der Waals surface area contributed by atoms with Crippen LogP contribution in [-0.2, 0) is 19.5 Å². The van der Waals surface area contributed by atoms with E-state index in [0.29, 0.717) is 24.2 Å². The van der Waals surface area contributed by atoms with Gasteiger partial charge < -0.3 is 21.3 Å². The Balaban J connectivity index is 0.000000270. The van der Waals surface area contributed by atoms with Crippen LogP contribution in [0.1, 0.15) is 11.1 Å². The van der Waals surface area contributed by atoms with Crippen LogP contribution >= 0.6 is 7.92 Å². The summed E-state index contributed by atoms with van der Waals surface area (Å²) >= 11 is 0. The first-order valence-corrected chi connectivity index (χ1v) is 14.7. The van der Waals surface area contributed by atoms with E-state index in [4.69, 9.17) is 11.1 Å². The summed E-state index contributed by atoms with van der Waals surface area (Å²) in [5.74, 6) is -0.0833. The predicted molar refractivity (Wildman–Crippen MR) is 173 cm³/mol. The molecule has 0 aromatic heterocycles. The van der Waals surface area contributed by atoms with Gasteiger partial charge in [-0.05, 0) is 47.5 Å². The van der Waals surface area contributed by atoms with Gasteiger partial charge in [-0.3, -0.25) is 14.9 Å². The number of aliphatic imine (C=N–C) groups is 2. The molecule has 0 saturated carbocycles. The van der Waals surface area contributed by atoms with E-state index in [0.717, 1.165) is 0 Å². The fraction of sp³-hybridized carbons (Fsp3) is 0.0588. The monoisotopic (exact) mass is 673 g/mol. The molecule has 7 nitrogen and oxygen atoms in total. The van der Waals surface area contributed by atoms with Gasteiger partial charge in [0.1, 0.15) is 15.9 Å². The summed E-state index contributed by atoms with van der Waals surface area (Å²) in [5.41, 5.74) is 14.6. The molecule has 215 valence electrons. The van der Waals surface area contributed by atoms with Gasteiger partial charge in [0.25, 0.3) is 0 Å². The molecule has 5 aromatic rings. The minimum absolute atomic E-state index is 0. The summed E-state index contributed by atoms with van der Waals surface area (Å²) < 4.78 is 0. The van der Waals surface area contributed by atoms with Crippen LogP contribution in [0.5, 0.6) is 11.5 Å². The third-order valence-corrected chi connectivity index (χ3v) is 8.58. The number of benzene rings is 5. The van der Waals surface area contributed by atoms with E-state index in [-0.39, 0.29) is 31.0 Å². The van der Waals surface area contributed by atoms with E-state index < -0.39 is 7.92 Å². The van der Waals surface area contributed by atoms with Gasteiger partial charge >= 0.3 is 19.5 Å². The Labute approximate surface area is 266 Å². The van der Waals surface area contributed by atoms with Crippen molar-refractivity contribution in [2.75, 3.05) is 13.1 Å². The van der Waals surface area contributed by atoms with Gasteiger partial charge in [0, 0.05) is 12.4 Å². The molecule has 0 N–H and O–H groups in total. The molecule has 0 bridgehead atoms. The van der Waals surface area contributed by atoms with Gasteiger partial charge in [0.2, 0.25) is 0 Å². The fourth-order valence-electron chi connectivity index (χ4n) is 3.93. The molecule has 0 saturated heterocycles. The molecule has 0 spiro atoms. The zero-order valence-corrected chi connectivity index (χ0v) is 26.0. The Bertz CT molecular complexity index is 1430. The third-order valence-electron chi connectivity index (χ3n) is 5.84. The molecule has 5 rings (SSSR count). The molecule has 0 heterocycles. The maximum Gasteiger partial charge on any atom is 3.00 e. The topological polar surface area (TPSA) is 130 Å². The molecule has 0 aliphatic carbocycles. The van der Waals surface area contributed by atoms with E-state index in [1.165, 1.54) is 33.0 Å². The number of rotatable bonds is 8. The van der Waals surface area contributed by atoms with Crippen molar-refractivity contribution in [1.29, 1.82) is 0 Å². The van der Waals surface area contributed by atoms with Gasteiger partial charge in [-0.15, -0.1) is 11.5 Å². The number of para-hydroxylation sites is 2. The van der Waals surface area contributed by atoms with E-state index in [2.05, 4.69) is 101 Å². The van der Waals surface area contributed by atoms with Crippen molar-refractivity contribution < 1.29 is 29.7 Å². The Morgan fingerprint density at radius 2 is 0.791 bits per heavy atom. The predicted octanol–water partition coefficient (Wildman–Crippen LogP) is 5.41. The first-order valence-electron chi connectivity index (χ1n) is 13.2. The maximum atomic E-state index is 11.4. The van der Waals surface area contributed by atoms with Gasteiger partial charge in [-0.2, -0.15) is 0 Å². The van der Waals surface area contributed by atoms with Gasteiger partial charge in [-0.25, -0.2) is 0 Å². The zero-order valence-electron chi connectivity index (χ0n) is 23.3. The van der Waals surface area contributed by atoms with Crippen LogP contribution in [0.3, 0.4) is 0 Å². The van der Waals surface area contributed by atoms with Crippen LogP contribution in [0.2, 0.25) is 0 Å². The van der Waals surface area contributed by atoms with Crippen LogP contribution in [0, 0.1) is 0 Å². The molecule has 0 amide bonds. The largest absolute Gasteiger partial charge is 3.00 e. The molecular weight excluding hydrogens is 642 g/mol. The summed E-state index contributed by atoms with van der Waals surface area (Å²) in [6.07, 6.45) is 3.11. The van der Waals surface area contributed by atoms with Crippen LogP contribution < -0.4 is 26.1 Å². The zero-order chi connectivity index (χ0) is 29.8. The normalized spacial score (nSPS) is 10.2. The summed E-state index contributed by atoms with van der Waals surface area (Å²) in [7, 11) is -0.877. The standard InChI is InChI=1S/C18H15P.C16H16N2O2.N3.Ru/c1-4-10-16(11-5-1)19(17-12-6-2-7-13-17)18-14-8-3-9-15-18;19-15-7-3-1-5-13(15)11-17-9-10-18-12-14-6-2-4-8-16(14)20;1-3-2;/h1-15H;1-8,11-12,19-20H,9-10H2;;/q;;-1;+3/p-1. The van der Waals surface area contributed by atoms with Gasteiger partial charge in [0.15, 0.2) is 0 Å². The van der Waals surface area contributed by atoms with E-state index >= 15 is 0 Å². The van der Waals surface area contributed by atoms with Crippen molar-refractivity contribution in [1.82, 2.24) is 0 Å².